The summed E-state index contributed by atoms with van der Waals surface area (Å²) >= 11 is 0. The molecule has 0 saturated carbocycles. The van der Waals surface area contributed by atoms with Crippen LogP contribution in [0.1, 0.15) is 10.6 Å². The second-order valence-electron chi connectivity index (χ2n) is 6.10. The number of fused-ring (bicyclic) bond motifs is 2. The summed E-state index contributed by atoms with van der Waals surface area (Å²) in [6, 6.07) is 17.8. The molecule has 0 spiro atoms. The number of nitrogens with zero attached hydrogens (tertiary/aromatic N) is 6. The topological polar surface area (TPSA) is 101 Å². The van der Waals surface area contributed by atoms with Gasteiger partial charge in [-0.25, -0.2) is 0 Å². The Kier molecular flexibility index (Phi) is 3.56. The Balaban J connectivity index is 1.88. The van der Waals surface area contributed by atoms with E-state index in [2.05, 4.69) is 20.6 Å². The molecule has 0 saturated heterocycles. The van der Waals surface area contributed by atoms with Gasteiger partial charge in [0.25, 0.3) is 5.78 Å². The fourth-order valence-corrected chi connectivity index (χ4v) is 3.30. The number of rotatable bonds is 5. The highest BCUT2D eigenvalue weighted by molar-refractivity contribution is 6.00. The zero-order valence-electron chi connectivity index (χ0n) is 14.8. The van der Waals surface area contributed by atoms with Crippen molar-refractivity contribution < 1.29 is 13.9 Å². The van der Waals surface area contributed by atoms with Gasteiger partial charge in [0.2, 0.25) is 0 Å². The average Bonchev–Trinajstić information content (AvgIpc) is 3.49. The Morgan fingerprint density at radius 1 is 0.893 bits per heavy atom. The summed E-state index contributed by atoms with van der Waals surface area (Å²) in [4.78, 5) is 13.6. The van der Waals surface area contributed by atoms with Gasteiger partial charge in [0.15, 0.2) is 5.76 Å². The number of hydrogen-bond acceptors (Lipinski definition) is 7. The number of methoxy groups -OCH3 is 1. The number of ketones is 1. The van der Waals surface area contributed by atoms with E-state index < -0.39 is 11.6 Å². The van der Waals surface area contributed by atoms with Crippen molar-refractivity contribution >= 4 is 27.9 Å². The second kappa shape index (κ2) is 6.10. The van der Waals surface area contributed by atoms with Crippen molar-refractivity contribution in [2.45, 2.75) is 5.85 Å². The van der Waals surface area contributed by atoms with Crippen molar-refractivity contribution in [2.24, 2.45) is 0 Å². The van der Waals surface area contributed by atoms with Gasteiger partial charge in [-0.2, -0.15) is 9.36 Å². The van der Waals surface area contributed by atoms with Crippen LogP contribution in [0.15, 0.2) is 71.3 Å². The number of aromatic nitrogens is 6. The fraction of sp³-hybridized carbons (Fsp3) is 0.105. The van der Waals surface area contributed by atoms with Crippen LogP contribution in [0.3, 0.4) is 0 Å². The Hall–Kier alpha value is -3.85. The van der Waals surface area contributed by atoms with Crippen molar-refractivity contribution in [2.75, 3.05) is 7.11 Å². The van der Waals surface area contributed by atoms with E-state index in [-0.39, 0.29) is 5.76 Å². The molecule has 28 heavy (non-hydrogen) atoms. The maximum atomic E-state index is 13.6. The number of hydrogen-bond donors (Lipinski definition) is 0. The minimum absolute atomic E-state index is 0.0982. The van der Waals surface area contributed by atoms with Crippen LogP contribution in [-0.2, 0) is 10.6 Å². The van der Waals surface area contributed by atoms with Crippen molar-refractivity contribution in [3.05, 3.63) is 72.7 Å². The highest BCUT2D eigenvalue weighted by Gasteiger charge is 2.49. The van der Waals surface area contributed by atoms with E-state index >= 15 is 0 Å². The molecule has 0 aliphatic carbocycles. The standard InChI is InChI=1S/C19H14N6O3/c1-27-19(18(26)17-11-6-12-28-17,24-15-9-4-2-7-13(15)20-22-24)25-16-10-5-3-8-14(16)21-23-25/h2-12H,1H3. The number of para-hydroxylation sites is 2. The molecule has 9 heteroatoms. The molecule has 3 heterocycles. The molecule has 0 fully saturated rings. The summed E-state index contributed by atoms with van der Waals surface area (Å²) in [5.41, 5.74) is 2.42. The number of carbonyl (C=O) groups excluding carboxylic acids is 1. The third kappa shape index (κ3) is 2.13. The predicted octanol–water partition coefficient (Wildman–Crippen LogP) is 2.46. The maximum Gasteiger partial charge on any atom is 0.333 e. The van der Waals surface area contributed by atoms with E-state index in [1.165, 1.54) is 22.7 Å². The van der Waals surface area contributed by atoms with E-state index in [1.54, 1.807) is 36.4 Å². The van der Waals surface area contributed by atoms with Crippen LogP contribution in [0.4, 0.5) is 0 Å². The van der Waals surface area contributed by atoms with Gasteiger partial charge >= 0.3 is 5.85 Å². The van der Waals surface area contributed by atoms with E-state index in [4.69, 9.17) is 9.15 Å². The van der Waals surface area contributed by atoms with Crippen molar-refractivity contribution in [1.29, 1.82) is 0 Å². The van der Waals surface area contributed by atoms with Crippen molar-refractivity contribution in [3.8, 4) is 0 Å². The molecule has 0 amide bonds. The highest BCUT2D eigenvalue weighted by atomic mass is 16.5. The molecular weight excluding hydrogens is 360 g/mol. The molecule has 3 aromatic heterocycles. The summed E-state index contributed by atoms with van der Waals surface area (Å²) in [7, 11) is 1.41. The van der Waals surface area contributed by atoms with Crippen LogP contribution in [0.25, 0.3) is 22.1 Å². The SMILES string of the molecule is COC(C(=O)c1ccco1)(n1nnc2ccccc21)n1nnc2ccccc21. The van der Waals surface area contributed by atoms with E-state index in [9.17, 15) is 4.79 Å². The fourth-order valence-electron chi connectivity index (χ4n) is 3.30. The first kappa shape index (κ1) is 16.3. The van der Waals surface area contributed by atoms with E-state index in [0.29, 0.717) is 22.1 Å². The predicted molar refractivity (Wildman–Crippen MR) is 98.5 cm³/mol. The van der Waals surface area contributed by atoms with Gasteiger partial charge in [0, 0.05) is 7.11 Å². The summed E-state index contributed by atoms with van der Waals surface area (Å²) in [6.07, 6.45) is 1.42. The molecule has 0 radical (unpaired) electrons. The van der Waals surface area contributed by atoms with Crippen LogP contribution in [0.5, 0.6) is 0 Å². The first-order chi connectivity index (χ1) is 13.8. The lowest BCUT2D eigenvalue weighted by molar-refractivity contribution is -0.0841. The third-order valence-electron chi connectivity index (χ3n) is 4.60. The number of Topliss-reactive ketones (excluding diaryl/α,β-unsaturated/α-hetero) is 1. The lowest BCUT2D eigenvalue weighted by Crippen LogP contribution is -2.51. The summed E-state index contributed by atoms with van der Waals surface area (Å²) in [6.45, 7) is 0. The van der Waals surface area contributed by atoms with Gasteiger partial charge in [-0.15, -0.1) is 10.2 Å². The Bertz CT molecular complexity index is 1210. The molecule has 138 valence electrons. The summed E-state index contributed by atoms with van der Waals surface area (Å²) < 4.78 is 14.0. The lowest BCUT2D eigenvalue weighted by atomic mass is 10.1. The smallest absolute Gasteiger partial charge is 0.333 e. The zero-order chi connectivity index (χ0) is 19.1. The molecular formula is C19H14N6O3. The zero-order valence-corrected chi connectivity index (χ0v) is 14.8. The van der Waals surface area contributed by atoms with Crippen molar-refractivity contribution in [1.82, 2.24) is 30.0 Å². The average molecular weight is 374 g/mol. The molecule has 0 aliphatic heterocycles. The Morgan fingerprint density at radius 2 is 1.46 bits per heavy atom. The van der Waals surface area contributed by atoms with E-state index in [0.717, 1.165) is 0 Å². The van der Waals surface area contributed by atoms with Crippen LogP contribution in [-0.4, -0.2) is 42.9 Å². The number of carbonyl (C=O) groups is 1. The highest BCUT2D eigenvalue weighted by Crippen LogP contribution is 2.30. The molecule has 5 aromatic rings. The Labute approximate surface area is 158 Å². The van der Waals surface area contributed by atoms with E-state index in [1.807, 2.05) is 24.3 Å². The number of ether oxygens (including phenoxy) is 1. The summed E-state index contributed by atoms with van der Waals surface area (Å²) in [5.74, 6) is -2.21. The van der Waals surface area contributed by atoms with Crippen LogP contribution in [0, 0.1) is 0 Å². The number of furan rings is 1. The van der Waals surface area contributed by atoms with Crippen LogP contribution >= 0.6 is 0 Å². The van der Waals surface area contributed by atoms with Crippen LogP contribution < -0.4 is 0 Å². The normalized spacial score (nSPS) is 12.0. The largest absolute Gasteiger partial charge is 0.461 e. The van der Waals surface area contributed by atoms with Gasteiger partial charge in [0.1, 0.15) is 11.0 Å². The monoisotopic (exact) mass is 374 g/mol. The quantitative estimate of drug-likeness (QED) is 0.436. The first-order valence-corrected chi connectivity index (χ1v) is 8.51. The van der Waals surface area contributed by atoms with Gasteiger partial charge < -0.3 is 9.15 Å². The number of benzene rings is 2. The molecule has 0 unspecified atom stereocenters. The minimum Gasteiger partial charge on any atom is -0.461 e. The molecule has 9 nitrogen and oxygen atoms in total. The maximum absolute atomic E-state index is 13.6. The molecule has 0 bridgehead atoms. The Morgan fingerprint density at radius 3 is 1.96 bits per heavy atom. The van der Waals surface area contributed by atoms with Gasteiger partial charge in [-0.1, -0.05) is 34.7 Å². The molecule has 0 atom stereocenters. The lowest BCUT2D eigenvalue weighted by Gasteiger charge is -2.30. The molecule has 0 N–H and O–H groups in total. The molecule has 0 aliphatic rings. The molecule has 2 aromatic carbocycles. The second-order valence-corrected chi connectivity index (χ2v) is 6.10. The van der Waals surface area contributed by atoms with Crippen LogP contribution in [0.2, 0.25) is 0 Å². The first-order valence-electron chi connectivity index (χ1n) is 8.51. The van der Waals surface area contributed by atoms with Gasteiger partial charge in [-0.05, 0) is 36.4 Å². The summed E-state index contributed by atoms with van der Waals surface area (Å²) in [5, 5.41) is 16.8. The molecule has 5 rings (SSSR count). The van der Waals surface area contributed by atoms with Gasteiger partial charge in [0.05, 0.1) is 17.3 Å². The minimum atomic E-state index is -1.82. The van der Waals surface area contributed by atoms with Crippen molar-refractivity contribution in [3.63, 3.8) is 0 Å². The van der Waals surface area contributed by atoms with Gasteiger partial charge in [-0.3, -0.25) is 4.79 Å². The third-order valence-corrected chi connectivity index (χ3v) is 4.60.